The molecule has 0 saturated carbocycles. The van der Waals surface area contributed by atoms with Gasteiger partial charge >= 0.3 is 5.97 Å². The topological polar surface area (TPSA) is 47.6 Å². The molecule has 2 aromatic rings. The van der Waals surface area contributed by atoms with Crippen molar-refractivity contribution in [2.45, 2.75) is 52.2 Å². The van der Waals surface area contributed by atoms with Gasteiger partial charge in [0.1, 0.15) is 0 Å². The highest BCUT2D eigenvalue weighted by molar-refractivity contribution is 5.72. The lowest BCUT2D eigenvalue weighted by Crippen LogP contribution is -2.53. The third-order valence-electron chi connectivity index (χ3n) is 5.85. The molecule has 1 N–H and O–H groups in total. The maximum atomic E-state index is 12.2. The summed E-state index contributed by atoms with van der Waals surface area (Å²) in [5.41, 5.74) is 4.61. The molecule has 0 spiro atoms. The predicted molar refractivity (Wildman–Crippen MR) is 116 cm³/mol. The molecule has 156 valence electrons. The standard InChI is InChI=1S/C25H33NO3/c1-5-28-24(27)21-11-12-25(26-16-21,23-9-7-6-8-10-23)17-29-20(4)22-14-18(2)13-19(3)15-22/h6-10,13-15,20-21,26H,5,11-12,16-17H2,1-4H3/t20?,21?,25-/m1/s1. The van der Waals surface area contributed by atoms with Gasteiger partial charge in [0.25, 0.3) is 0 Å². The smallest absolute Gasteiger partial charge is 0.310 e. The van der Waals surface area contributed by atoms with E-state index < -0.39 is 0 Å². The number of carbonyl (C=O) groups excluding carboxylic acids is 1. The Kier molecular flexibility index (Phi) is 7.09. The number of nitrogens with one attached hydrogen (secondary N) is 1. The van der Waals surface area contributed by atoms with Gasteiger partial charge in [-0.15, -0.1) is 0 Å². The number of ether oxygens (including phenoxy) is 2. The lowest BCUT2D eigenvalue weighted by atomic mass is 9.79. The molecule has 4 heteroatoms. The number of hydrogen-bond donors (Lipinski definition) is 1. The molecule has 3 rings (SSSR count). The van der Waals surface area contributed by atoms with E-state index in [0.29, 0.717) is 19.8 Å². The van der Waals surface area contributed by atoms with Crippen LogP contribution in [0.15, 0.2) is 48.5 Å². The van der Waals surface area contributed by atoms with E-state index in [4.69, 9.17) is 9.47 Å². The first-order valence-corrected chi connectivity index (χ1v) is 10.6. The molecule has 0 bridgehead atoms. The summed E-state index contributed by atoms with van der Waals surface area (Å²) < 4.78 is 11.6. The number of hydrogen-bond acceptors (Lipinski definition) is 4. The molecule has 1 aliphatic rings. The van der Waals surface area contributed by atoms with E-state index in [0.717, 1.165) is 12.8 Å². The summed E-state index contributed by atoms with van der Waals surface area (Å²) in [5.74, 6) is -0.199. The quantitative estimate of drug-likeness (QED) is 0.682. The zero-order chi connectivity index (χ0) is 20.9. The molecule has 1 fully saturated rings. The maximum absolute atomic E-state index is 12.2. The second kappa shape index (κ2) is 9.55. The Morgan fingerprint density at radius 1 is 1.17 bits per heavy atom. The predicted octanol–water partition coefficient (Wildman–Crippen LogP) is 4.84. The van der Waals surface area contributed by atoms with Crippen LogP contribution in [0.5, 0.6) is 0 Å². The van der Waals surface area contributed by atoms with E-state index in [2.05, 4.69) is 68.6 Å². The van der Waals surface area contributed by atoms with Crippen molar-refractivity contribution in [3.05, 3.63) is 70.8 Å². The van der Waals surface area contributed by atoms with Crippen LogP contribution >= 0.6 is 0 Å². The Morgan fingerprint density at radius 2 is 1.86 bits per heavy atom. The largest absolute Gasteiger partial charge is 0.466 e. The molecule has 1 heterocycles. The Balaban J connectivity index is 1.74. The minimum atomic E-state index is -0.294. The Morgan fingerprint density at radius 3 is 2.45 bits per heavy atom. The van der Waals surface area contributed by atoms with Crippen LogP contribution in [0.4, 0.5) is 0 Å². The van der Waals surface area contributed by atoms with Crippen molar-refractivity contribution in [2.75, 3.05) is 19.8 Å². The molecule has 0 aromatic heterocycles. The highest BCUT2D eigenvalue weighted by Gasteiger charge is 2.39. The molecule has 0 radical (unpaired) electrons. The molecule has 2 aromatic carbocycles. The Bertz CT molecular complexity index is 790. The van der Waals surface area contributed by atoms with E-state index in [1.807, 2.05) is 13.0 Å². The summed E-state index contributed by atoms with van der Waals surface area (Å²) in [4.78, 5) is 12.2. The first-order valence-electron chi connectivity index (χ1n) is 10.6. The summed E-state index contributed by atoms with van der Waals surface area (Å²) in [6, 6.07) is 17.0. The third kappa shape index (κ3) is 5.26. The molecule has 4 nitrogen and oxygen atoms in total. The SMILES string of the molecule is CCOC(=O)C1CC[C@@](COC(C)c2cc(C)cc(C)c2)(c2ccccc2)NC1. The third-order valence-corrected chi connectivity index (χ3v) is 5.85. The summed E-state index contributed by atoms with van der Waals surface area (Å²) in [7, 11) is 0. The molecule has 29 heavy (non-hydrogen) atoms. The molecule has 2 unspecified atom stereocenters. The van der Waals surface area contributed by atoms with Crippen LogP contribution in [0.1, 0.15) is 55.0 Å². The van der Waals surface area contributed by atoms with Crippen molar-refractivity contribution in [3.8, 4) is 0 Å². The highest BCUT2D eigenvalue weighted by Crippen LogP contribution is 2.34. The number of carbonyl (C=O) groups is 1. The van der Waals surface area contributed by atoms with Gasteiger partial charge in [-0.25, -0.2) is 0 Å². The minimum absolute atomic E-state index is 0.00114. The molecular formula is C25H33NO3. The minimum Gasteiger partial charge on any atom is -0.466 e. The van der Waals surface area contributed by atoms with Crippen LogP contribution in [-0.2, 0) is 19.8 Å². The summed E-state index contributed by atoms with van der Waals surface area (Å²) in [6.45, 7) is 9.78. The van der Waals surface area contributed by atoms with E-state index in [1.165, 1.54) is 22.3 Å². The number of aryl methyl sites for hydroxylation is 2. The highest BCUT2D eigenvalue weighted by atomic mass is 16.5. The van der Waals surface area contributed by atoms with E-state index >= 15 is 0 Å². The monoisotopic (exact) mass is 395 g/mol. The molecule has 1 saturated heterocycles. The first-order chi connectivity index (χ1) is 13.9. The fraction of sp³-hybridized carbons (Fsp3) is 0.480. The maximum Gasteiger partial charge on any atom is 0.310 e. The van der Waals surface area contributed by atoms with Crippen molar-refractivity contribution in [1.29, 1.82) is 0 Å². The van der Waals surface area contributed by atoms with Gasteiger partial charge in [-0.2, -0.15) is 0 Å². The number of benzene rings is 2. The van der Waals surface area contributed by atoms with Crippen molar-refractivity contribution in [3.63, 3.8) is 0 Å². The Labute approximate surface area is 174 Å². The summed E-state index contributed by atoms with van der Waals surface area (Å²) in [5, 5.41) is 3.64. The van der Waals surface area contributed by atoms with Crippen molar-refractivity contribution < 1.29 is 14.3 Å². The van der Waals surface area contributed by atoms with Crippen LogP contribution in [0.2, 0.25) is 0 Å². The lowest BCUT2D eigenvalue weighted by molar-refractivity contribution is -0.149. The van der Waals surface area contributed by atoms with Crippen molar-refractivity contribution in [2.24, 2.45) is 5.92 Å². The zero-order valence-electron chi connectivity index (χ0n) is 18.0. The molecule has 0 aliphatic carbocycles. The van der Waals surface area contributed by atoms with Crippen LogP contribution < -0.4 is 5.32 Å². The normalized spacial score (nSPS) is 22.8. The number of rotatable bonds is 7. The average Bonchev–Trinajstić information content (AvgIpc) is 2.72. The average molecular weight is 396 g/mol. The lowest BCUT2D eigenvalue weighted by Gasteiger charge is -2.41. The van der Waals surface area contributed by atoms with Gasteiger partial charge in [-0.1, -0.05) is 59.7 Å². The van der Waals surface area contributed by atoms with E-state index in [-0.39, 0.29) is 23.5 Å². The van der Waals surface area contributed by atoms with E-state index in [1.54, 1.807) is 0 Å². The van der Waals surface area contributed by atoms with Gasteiger partial charge in [-0.05, 0) is 51.7 Å². The Hall–Kier alpha value is -2.17. The van der Waals surface area contributed by atoms with Crippen LogP contribution in [0.3, 0.4) is 0 Å². The van der Waals surface area contributed by atoms with Crippen LogP contribution in [0, 0.1) is 19.8 Å². The first kappa shape index (κ1) is 21.5. The van der Waals surface area contributed by atoms with Gasteiger partial charge in [0.05, 0.1) is 30.8 Å². The van der Waals surface area contributed by atoms with Gasteiger partial charge in [0.2, 0.25) is 0 Å². The summed E-state index contributed by atoms with van der Waals surface area (Å²) in [6.07, 6.45) is 1.63. The van der Waals surface area contributed by atoms with Gasteiger partial charge in [0, 0.05) is 6.54 Å². The second-order valence-corrected chi connectivity index (χ2v) is 8.19. The summed E-state index contributed by atoms with van der Waals surface area (Å²) >= 11 is 0. The fourth-order valence-corrected chi connectivity index (χ4v) is 4.21. The van der Waals surface area contributed by atoms with Gasteiger partial charge in [-0.3, -0.25) is 4.79 Å². The molecule has 0 amide bonds. The van der Waals surface area contributed by atoms with Gasteiger partial charge < -0.3 is 14.8 Å². The molecular weight excluding hydrogens is 362 g/mol. The zero-order valence-corrected chi connectivity index (χ0v) is 18.0. The number of esters is 1. The van der Waals surface area contributed by atoms with E-state index in [9.17, 15) is 4.79 Å². The van der Waals surface area contributed by atoms with Crippen molar-refractivity contribution >= 4 is 5.97 Å². The fourth-order valence-electron chi connectivity index (χ4n) is 4.21. The molecule has 1 aliphatic heterocycles. The second-order valence-electron chi connectivity index (χ2n) is 8.19. The van der Waals surface area contributed by atoms with Crippen LogP contribution in [-0.4, -0.2) is 25.7 Å². The van der Waals surface area contributed by atoms with Gasteiger partial charge in [0.15, 0.2) is 0 Å². The van der Waals surface area contributed by atoms with Crippen molar-refractivity contribution in [1.82, 2.24) is 5.32 Å². The number of piperidine rings is 1. The van der Waals surface area contributed by atoms with Crippen LogP contribution in [0.25, 0.3) is 0 Å². The molecule has 3 atom stereocenters.